The minimum absolute atomic E-state index is 0.267. The van der Waals surface area contributed by atoms with Crippen molar-refractivity contribution in [2.45, 2.75) is 48.0 Å². The molecule has 2 unspecified atom stereocenters. The summed E-state index contributed by atoms with van der Waals surface area (Å²) in [5, 5.41) is 0.316. The van der Waals surface area contributed by atoms with Crippen molar-refractivity contribution in [2.24, 2.45) is 0 Å². The molecule has 5 nitrogen and oxygen atoms in total. The molecule has 0 radical (unpaired) electrons. The summed E-state index contributed by atoms with van der Waals surface area (Å²) in [6.45, 7) is 5.52. The second kappa shape index (κ2) is 9.14. The largest absolute Gasteiger partial charge is 0.616 e. The van der Waals surface area contributed by atoms with Crippen molar-refractivity contribution in [1.29, 1.82) is 0 Å². The molecule has 0 fully saturated rings. The van der Waals surface area contributed by atoms with E-state index in [4.69, 9.17) is 11.6 Å². The van der Waals surface area contributed by atoms with E-state index in [1.165, 1.54) is 0 Å². The zero-order valence-electron chi connectivity index (χ0n) is 17.2. The smallest absolute Gasteiger partial charge is 0.183 e. The van der Waals surface area contributed by atoms with E-state index in [2.05, 4.69) is 4.98 Å². The number of halogens is 1. The van der Waals surface area contributed by atoms with Gasteiger partial charge >= 0.3 is 0 Å². The Balaban J connectivity index is 1.89. The van der Waals surface area contributed by atoms with Crippen LogP contribution in [0.1, 0.15) is 37.1 Å². The number of hydrogen-bond acceptors (Lipinski definition) is 4. The highest BCUT2D eigenvalue weighted by molar-refractivity contribution is 7.92. The topological polar surface area (TPSA) is 75.0 Å². The van der Waals surface area contributed by atoms with Gasteiger partial charge in [0.25, 0.3) is 0 Å². The van der Waals surface area contributed by atoms with Crippen molar-refractivity contribution in [3.8, 4) is 0 Å². The second-order valence-corrected chi connectivity index (χ2v) is 12.8. The fraction of sp³-hybridized carbons (Fsp3) is 0.318. The molecule has 1 heterocycles. The van der Waals surface area contributed by atoms with Gasteiger partial charge in [-0.15, -0.1) is 0 Å². The maximum atomic E-state index is 13.3. The quantitative estimate of drug-likeness (QED) is 0.470. The molecule has 0 spiro atoms. The monoisotopic (exact) mass is 464 g/mol. The lowest BCUT2D eigenvalue weighted by Crippen LogP contribution is -2.28. The first-order valence-electron chi connectivity index (χ1n) is 9.50. The molecule has 0 N–H and O–H groups in total. The third-order valence-electron chi connectivity index (χ3n) is 4.84. The van der Waals surface area contributed by atoms with E-state index in [1.54, 1.807) is 69.7 Å². The van der Waals surface area contributed by atoms with E-state index in [0.29, 0.717) is 17.3 Å². The Labute approximate surface area is 186 Å². The van der Waals surface area contributed by atoms with Crippen molar-refractivity contribution in [3.63, 3.8) is 0 Å². The van der Waals surface area contributed by atoms with E-state index in [1.807, 2.05) is 22.9 Å². The fourth-order valence-electron chi connectivity index (χ4n) is 2.99. The Morgan fingerprint density at radius 2 is 1.73 bits per heavy atom. The van der Waals surface area contributed by atoms with Crippen molar-refractivity contribution in [1.82, 2.24) is 9.55 Å². The van der Waals surface area contributed by atoms with E-state index in [-0.39, 0.29) is 10.1 Å². The molecular weight excluding hydrogens is 440 g/mol. The van der Waals surface area contributed by atoms with Gasteiger partial charge in [-0.1, -0.05) is 35.9 Å². The Kier molecular flexibility index (Phi) is 6.97. The summed E-state index contributed by atoms with van der Waals surface area (Å²) in [7, 11) is -3.45. The molecule has 2 atom stereocenters. The van der Waals surface area contributed by atoms with Gasteiger partial charge in [-0.25, -0.2) is 13.4 Å². The summed E-state index contributed by atoms with van der Waals surface area (Å²) in [5.41, 5.74) is 1.75. The van der Waals surface area contributed by atoms with E-state index in [9.17, 15) is 13.0 Å². The summed E-state index contributed by atoms with van der Waals surface area (Å²) >= 11 is 4.71. The molecule has 3 aromatic rings. The third kappa shape index (κ3) is 5.27. The molecule has 2 aromatic carbocycles. The number of nitrogens with zero attached hydrogens (tertiary/aromatic N) is 2. The molecule has 0 aliphatic carbocycles. The Morgan fingerprint density at radius 3 is 2.27 bits per heavy atom. The van der Waals surface area contributed by atoms with Crippen LogP contribution in [0.25, 0.3) is 0 Å². The zero-order chi connectivity index (χ0) is 21.9. The lowest BCUT2D eigenvalue weighted by atomic mass is 10.1. The minimum Gasteiger partial charge on any atom is -0.616 e. The Bertz CT molecular complexity index is 1060. The molecule has 8 heteroatoms. The van der Waals surface area contributed by atoms with Crippen LogP contribution >= 0.6 is 11.6 Å². The molecule has 0 amide bonds. The first-order valence-corrected chi connectivity index (χ1v) is 12.7. The lowest BCUT2D eigenvalue weighted by Gasteiger charge is -2.24. The highest BCUT2D eigenvalue weighted by Gasteiger charge is 2.32. The van der Waals surface area contributed by atoms with Crippen molar-refractivity contribution < 1.29 is 13.0 Å². The average Bonchev–Trinajstić information content (AvgIpc) is 3.20. The first-order chi connectivity index (χ1) is 14.1. The highest BCUT2D eigenvalue weighted by atomic mass is 35.5. The van der Waals surface area contributed by atoms with Crippen LogP contribution in [0.5, 0.6) is 0 Å². The van der Waals surface area contributed by atoms with Crippen LogP contribution in [0, 0.1) is 0 Å². The van der Waals surface area contributed by atoms with Gasteiger partial charge < -0.3 is 9.12 Å². The van der Waals surface area contributed by atoms with E-state index < -0.39 is 25.8 Å². The van der Waals surface area contributed by atoms with Crippen LogP contribution in [-0.2, 0) is 33.3 Å². The van der Waals surface area contributed by atoms with Crippen LogP contribution in [-0.4, -0.2) is 27.3 Å². The summed E-state index contributed by atoms with van der Waals surface area (Å²) in [6, 6.07) is 14.0. The maximum absolute atomic E-state index is 13.3. The van der Waals surface area contributed by atoms with Crippen molar-refractivity contribution >= 4 is 32.6 Å². The number of benzene rings is 2. The summed E-state index contributed by atoms with van der Waals surface area (Å²) < 4.78 is 39.7. The van der Waals surface area contributed by atoms with E-state index >= 15 is 0 Å². The summed E-state index contributed by atoms with van der Waals surface area (Å²) in [5.74, 6) is 0.374. The molecule has 3 rings (SSSR count). The van der Waals surface area contributed by atoms with Gasteiger partial charge in [0.1, 0.15) is 5.75 Å². The minimum atomic E-state index is -3.45. The number of aromatic nitrogens is 2. The van der Waals surface area contributed by atoms with Crippen molar-refractivity contribution in [3.05, 3.63) is 83.4 Å². The van der Waals surface area contributed by atoms with Crippen LogP contribution < -0.4 is 0 Å². The molecule has 0 aliphatic rings. The van der Waals surface area contributed by atoms with Crippen LogP contribution in [0.2, 0.25) is 5.02 Å². The molecule has 30 heavy (non-hydrogen) atoms. The predicted molar refractivity (Wildman–Crippen MR) is 122 cm³/mol. The molecule has 160 valence electrons. The number of imidazole rings is 1. The standard InChI is InChI=1S/C22H25ClN2O3S2/c1-22(2,3)30(27,28)20-10-6-18(7-11-20)21(14-25-13-12-24-16-25)29(26)15-17-4-8-19(23)9-5-17/h4-13,16,21H,14-15H2,1-3H3. The van der Waals surface area contributed by atoms with Gasteiger partial charge in [0.05, 0.1) is 22.5 Å². The average molecular weight is 465 g/mol. The zero-order valence-corrected chi connectivity index (χ0v) is 19.5. The van der Waals surface area contributed by atoms with Gasteiger partial charge in [-0.2, -0.15) is 0 Å². The normalized spacial score (nSPS) is 14.4. The predicted octanol–water partition coefficient (Wildman–Crippen LogP) is 4.80. The van der Waals surface area contributed by atoms with Gasteiger partial charge in [0.15, 0.2) is 15.1 Å². The van der Waals surface area contributed by atoms with Gasteiger partial charge in [0.2, 0.25) is 0 Å². The summed E-state index contributed by atoms with van der Waals surface area (Å²) in [4.78, 5) is 4.33. The van der Waals surface area contributed by atoms with Gasteiger partial charge in [-0.05, 0) is 56.2 Å². The first kappa shape index (κ1) is 22.9. The van der Waals surface area contributed by atoms with E-state index in [0.717, 1.165) is 11.1 Å². The van der Waals surface area contributed by atoms with Crippen LogP contribution in [0.3, 0.4) is 0 Å². The molecule has 0 saturated heterocycles. The number of rotatable bonds is 7. The van der Waals surface area contributed by atoms with Crippen molar-refractivity contribution in [2.75, 3.05) is 0 Å². The second-order valence-electron chi connectivity index (χ2n) is 8.08. The van der Waals surface area contributed by atoms with Crippen LogP contribution in [0.4, 0.5) is 0 Å². The molecule has 0 bridgehead atoms. The third-order valence-corrected chi connectivity index (χ3v) is 9.27. The SMILES string of the molecule is CC(C)(C)S(=O)(=O)c1ccc(C(Cn2ccnc2)[S+]([O-])Cc2ccc(Cl)cc2)cc1. The lowest BCUT2D eigenvalue weighted by molar-refractivity contribution is 0.559. The van der Waals surface area contributed by atoms with Gasteiger partial charge in [-0.3, -0.25) is 0 Å². The fourth-order valence-corrected chi connectivity index (χ4v) is 5.84. The van der Waals surface area contributed by atoms with Gasteiger partial charge in [0, 0.05) is 28.5 Å². The molecule has 0 aliphatic heterocycles. The maximum Gasteiger partial charge on any atom is 0.183 e. The summed E-state index contributed by atoms with van der Waals surface area (Å²) in [6.07, 6.45) is 5.19. The number of hydrogen-bond donors (Lipinski definition) is 0. The Hall–Kier alpha value is -1.80. The Morgan fingerprint density at radius 1 is 1.10 bits per heavy atom. The number of sulfone groups is 1. The molecule has 1 aromatic heterocycles. The molecule has 0 saturated carbocycles. The van der Waals surface area contributed by atoms with Crippen LogP contribution in [0.15, 0.2) is 72.1 Å². The molecular formula is C22H25ClN2O3S2. The highest BCUT2D eigenvalue weighted by Crippen LogP contribution is 2.31.